The molecule has 0 aliphatic carbocycles. The van der Waals surface area contributed by atoms with Crippen molar-refractivity contribution in [3.05, 3.63) is 22.2 Å². The van der Waals surface area contributed by atoms with E-state index < -0.39 is 5.97 Å². The maximum Gasteiger partial charge on any atom is 0.350 e. The maximum absolute atomic E-state index is 11.3. The third kappa shape index (κ3) is 1.64. The number of halogens is 1. The Morgan fingerprint density at radius 1 is 1.60 bits per heavy atom. The number of pyridine rings is 1. The molecule has 4 nitrogen and oxygen atoms in total. The van der Waals surface area contributed by atoms with Gasteiger partial charge in [-0.25, -0.2) is 9.78 Å². The zero-order valence-electron chi connectivity index (χ0n) is 7.78. The molecule has 0 amide bonds. The van der Waals surface area contributed by atoms with Crippen molar-refractivity contribution in [1.82, 2.24) is 4.98 Å². The Morgan fingerprint density at radius 2 is 2.33 bits per heavy atom. The molecule has 15 heavy (non-hydrogen) atoms. The molecule has 2 aromatic rings. The number of nitrogens with two attached hydrogens (primary N) is 1. The number of nitrogen functional groups attached to an aromatic ring is 1. The van der Waals surface area contributed by atoms with Gasteiger partial charge in [0, 0.05) is 5.39 Å². The standard InChI is InChI=1S/C9H7ClN2O2S/c1-14-9(13)7-6(11)4-2-3-5(10)12-8(4)15-7/h2-3H,11H2,1H3. The molecule has 0 fully saturated rings. The van der Waals surface area contributed by atoms with Crippen LogP contribution in [0.4, 0.5) is 5.69 Å². The second-order valence-corrected chi connectivity index (χ2v) is 4.21. The lowest BCUT2D eigenvalue weighted by molar-refractivity contribution is 0.0607. The Balaban J connectivity index is 2.69. The molecule has 0 saturated carbocycles. The first-order chi connectivity index (χ1) is 7.13. The largest absolute Gasteiger partial charge is 0.465 e. The molecule has 6 heteroatoms. The number of anilines is 1. The van der Waals surface area contributed by atoms with Crippen molar-refractivity contribution in [2.24, 2.45) is 0 Å². The van der Waals surface area contributed by atoms with Gasteiger partial charge >= 0.3 is 5.97 Å². The van der Waals surface area contributed by atoms with E-state index >= 15 is 0 Å². The van der Waals surface area contributed by atoms with Crippen LogP contribution in [0.15, 0.2) is 12.1 Å². The monoisotopic (exact) mass is 242 g/mol. The van der Waals surface area contributed by atoms with Gasteiger partial charge in [-0.2, -0.15) is 0 Å². The number of hydrogen-bond acceptors (Lipinski definition) is 5. The van der Waals surface area contributed by atoms with Crippen LogP contribution in [-0.2, 0) is 4.74 Å². The second-order valence-electron chi connectivity index (χ2n) is 2.82. The summed E-state index contributed by atoms with van der Waals surface area (Å²) in [5.74, 6) is -0.452. The highest BCUT2D eigenvalue weighted by Crippen LogP contribution is 2.33. The van der Waals surface area contributed by atoms with Gasteiger partial charge in [0.05, 0.1) is 12.8 Å². The van der Waals surface area contributed by atoms with Gasteiger partial charge in [-0.3, -0.25) is 0 Å². The molecule has 2 heterocycles. The smallest absolute Gasteiger partial charge is 0.350 e. The lowest BCUT2D eigenvalue weighted by atomic mass is 10.3. The van der Waals surface area contributed by atoms with Crippen LogP contribution in [0, 0.1) is 0 Å². The van der Waals surface area contributed by atoms with Gasteiger partial charge in [0.2, 0.25) is 0 Å². The third-order valence-electron chi connectivity index (χ3n) is 1.93. The van der Waals surface area contributed by atoms with E-state index in [0.29, 0.717) is 20.5 Å². The molecular formula is C9H7ClN2O2S. The highest BCUT2D eigenvalue weighted by molar-refractivity contribution is 7.21. The predicted molar refractivity (Wildman–Crippen MR) is 60.4 cm³/mol. The Labute approximate surface area is 94.6 Å². The molecule has 0 aliphatic rings. The summed E-state index contributed by atoms with van der Waals surface area (Å²) in [5, 5.41) is 1.10. The van der Waals surface area contributed by atoms with E-state index in [1.54, 1.807) is 12.1 Å². The molecule has 0 bridgehead atoms. The number of carbonyl (C=O) groups excluding carboxylic acids is 1. The van der Waals surface area contributed by atoms with Gasteiger partial charge in [0.15, 0.2) is 0 Å². The van der Waals surface area contributed by atoms with E-state index in [2.05, 4.69) is 9.72 Å². The first-order valence-electron chi connectivity index (χ1n) is 4.06. The summed E-state index contributed by atoms with van der Waals surface area (Å²) >= 11 is 6.91. The Kier molecular flexibility index (Phi) is 2.50. The van der Waals surface area contributed by atoms with Crippen LogP contribution in [0.3, 0.4) is 0 Å². The number of esters is 1. The van der Waals surface area contributed by atoms with Gasteiger partial charge in [0.25, 0.3) is 0 Å². The van der Waals surface area contributed by atoms with E-state index in [1.165, 1.54) is 18.4 Å². The summed E-state index contributed by atoms with van der Waals surface area (Å²) in [6, 6.07) is 3.37. The van der Waals surface area contributed by atoms with Crippen molar-refractivity contribution in [3.8, 4) is 0 Å². The second kappa shape index (κ2) is 3.67. The zero-order chi connectivity index (χ0) is 11.0. The number of thiophene rings is 1. The third-order valence-corrected chi connectivity index (χ3v) is 3.24. The van der Waals surface area contributed by atoms with Crippen molar-refractivity contribution < 1.29 is 9.53 Å². The first kappa shape index (κ1) is 10.2. The normalized spacial score (nSPS) is 10.5. The zero-order valence-corrected chi connectivity index (χ0v) is 9.35. The molecule has 78 valence electrons. The Bertz CT molecular complexity index is 538. The quantitative estimate of drug-likeness (QED) is 0.616. The number of hydrogen-bond donors (Lipinski definition) is 1. The van der Waals surface area contributed by atoms with Crippen LogP contribution in [0.25, 0.3) is 10.2 Å². The highest BCUT2D eigenvalue weighted by Gasteiger charge is 2.17. The molecule has 2 N–H and O–H groups in total. The van der Waals surface area contributed by atoms with Crippen molar-refractivity contribution in [3.63, 3.8) is 0 Å². The van der Waals surface area contributed by atoms with E-state index in [1.807, 2.05) is 0 Å². The van der Waals surface area contributed by atoms with Crippen molar-refractivity contribution in [1.29, 1.82) is 0 Å². The summed E-state index contributed by atoms with van der Waals surface area (Å²) < 4.78 is 4.61. The van der Waals surface area contributed by atoms with Crippen LogP contribution in [0.1, 0.15) is 9.67 Å². The summed E-state index contributed by atoms with van der Waals surface area (Å²) in [4.78, 5) is 16.4. The van der Waals surface area contributed by atoms with E-state index in [4.69, 9.17) is 17.3 Å². The average molecular weight is 243 g/mol. The molecular weight excluding hydrogens is 236 g/mol. The number of fused-ring (bicyclic) bond motifs is 1. The molecule has 0 atom stereocenters. The van der Waals surface area contributed by atoms with E-state index in [0.717, 1.165) is 5.39 Å². The van der Waals surface area contributed by atoms with Crippen LogP contribution >= 0.6 is 22.9 Å². The van der Waals surface area contributed by atoms with E-state index in [-0.39, 0.29) is 0 Å². The predicted octanol–water partition coefficient (Wildman–Crippen LogP) is 2.32. The SMILES string of the molecule is COC(=O)c1sc2nc(Cl)ccc2c1N. The van der Waals surface area contributed by atoms with Crippen molar-refractivity contribution in [2.45, 2.75) is 0 Å². The molecule has 0 radical (unpaired) electrons. The minimum Gasteiger partial charge on any atom is -0.465 e. The minimum atomic E-state index is -0.452. The summed E-state index contributed by atoms with van der Waals surface area (Å²) in [7, 11) is 1.31. The van der Waals surface area contributed by atoms with Crippen LogP contribution in [-0.4, -0.2) is 18.1 Å². The molecule has 2 rings (SSSR count). The number of nitrogens with zero attached hydrogens (tertiary/aromatic N) is 1. The molecule has 0 saturated heterocycles. The number of rotatable bonds is 1. The van der Waals surface area contributed by atoms with Gasteiger partial charge < -0.3 is 10.5 Å². The van der Waals surface area contributed by atoms with Crippen molar-refractivity contribution >= 4 is 44.8 Å². The molecule has 0 aromatic carbocycles. The fraction of sp³-hybridized carbons (Fsp3) is 0.111. The molecule has 0 unspecified atom stereocenters. The van der Waals surface area contributed by atoms with Gasteiger partial charge in [-0.1, -0.05) is 11.6 Å². The lowest BCUT2D eigenvalue weighted by Crippen LogP contribution is -2.01. The van der Waals surface area contributed by atoms with Crippen molar-refractivity contribution in [2.75, 3.05) is 12.8 Å². The van der Waals surface area contributed by atoms with Gasteiger partial charge in [0.1, 0.15) is 14.9 Å². The summed E-state index contributed by atoms with van der Waals surface area (Å²) in [6.07, 6.45) is 0. The number of aromatic nitrogens is 1. The van der Waals surface area contributed by atoms with Crippen LogP contribution in [0.2, 0.25) is 5.15 Å². The highest BCUT2D eigenvalue weighted by atomic mass is 35.5. The molecule has 2 aromatic heterocycles. The minimum absolute atomic E-state index is 0.363. The molecule has 0 spiro atoms. The number of methoxy groups -OCH3 is 1. The maximum atomic E-state index is 11.3. The average Bonchev–Trinajstić information content (AvgIpc) is 2.54. The fourth-order valence-corrected chi connectivity index (χ4v) is 2.43. The first-order valence-corrected chi connectivity index (χ1v) is 5.25. The number of ether oxygens (including phenoxy) is 1. The van der Waals surface area contributed by atoms with Gasteiger partial charge in [-0.05, 0) is 12.1 Å². The fourth-order valence-electron chi connectivity index (χ4n) is 1.22. The molecule has 0 aliphatic heterocycles. The number of carbonyl (C=O) groups is 1. The lowest BCUT2D eigenvalue weighted by Gasteiger charge is -1.95. The van der Waals surface area contributed by atoms with Crippen LogP contribution < -0.4 is 5.73 Å². The summed E-state index contributed by atoms with van der Waals surface area (Å²) in [5.41, 5.74) is 6.19. The van der Waals surface area contributed by atoms with E-state index in [9.17, 15) is 4.79 Å². The van der Waals surface area contributed by atoms with Gasteiger partial charge in [-0.15, -0.1) is 11.3 Å². The Morgan fingerprint density at radius 3 is 3.00 bits per heavy atom. The Hall–Kier alpha value is -1.33. The topological polar surface area (TPSA) is 65.2 Å². The summed E-state index contributed by atoms with van der Waals surface area (Å²) in [6.45, 7) is 0. The van der Waals surface area contributed by atoms with Crippen LogP contribution in [0.5, 0.6) is 0 Å².